The van der Waals surface area contributed by atoms with Crippen LogP contribution in [0.5, 0.6) is 0 Å². The molecule has 0 bridgehead atoms. The van der Waals surface area contributed by atoms with Crippen molar-refractivity contribution in [3.63, 3.8) is 0 Å². The molecule has 2 aliphatic rings. The number of carbonyl (C=O) groups excluding carboxylic acids is 2. The maximum Gasteiger partial charge on any atom is 0.248 e. The minimum absolute atomic E-state index is 0.0356. The minimum atomic E-state index is -0.108. The topological polar surface area (TPSA) is 70.9 Å². The Bertz CT molecular complexity index is 651. The normalized spacial score (nSPS) is 22.1. The molecular formula is C18H29N5O3. The number of aromatic nitrogens is 2. The molecule has 8 heteroatoms. The summed E-state index contributed by atoms with van der Waals surface area (Å²) in [5.74, 6) is 1.05. The highest BCUT2D eigenvalue weighted by atomic mass is 16.5. The van der Waals surface area contributed by atoms with Crippen LogP contribution in [0.25, 0.3) is 0 Å². The molecule has 0 spiro atoms. The third kappa shape index (κ3) is 3.91. The maximum absolute atomic E-state index is 13.1. The van der Waals surface area contributed by atoms with E-state index >= 15 is 0 Å². The van der Waals surface area contributed by atoms with Crippen LogP contribution in [0.4, 0.5) is 5.82 Å². The monoisotopic (exact) mass is 363 g/mol. The lowest BCUT2D eigenvalue weighted by Gasteiger charge is -2.42. The molecule has 0 saturated carbocycles. The number of hydrogen-bond acceptors (Lipinski definition) is 5. The van der Waals surface area contributed by atoms with Gasteiger partial charge < -0.3 is 9.64 Å². The molecule has 0 aromatic carbocycles. The number of ether oxygens (including phenoxy) is 1. The highest BCUT2D eigenvalue weighted by Crippen LogP contribution is 2.25. The van der Waals surface area contributed by atoms with Gasteiger partial charge in [0, 0.05) is 52.4 Å². The van der Waals surface area contributed by atoms with Gasteiger partial charge in [-0.3, -0.25) is 24.1 Å². The molecule has 0 unspecified atom stereocenters. The standard InChI is InChI=1S/C18H29N5O3/c1-4-26-13-17(24)22-10-8-21(9-11-22)15-6-5-7-23(18(15)25)16-12-14(2)19-20(16)3/h12,15H,4-11,13H2,1-3H3/t15-/m1/s1. The fraction of sp³-hybridized carbons (Fsp3) is 0.722. The van der Waals surface area contributed by atoms with Crippen molar-refractivity contribution in [1.82, 2.24) is 19.6 Å². The van der Waals surface area contributed by atoms with E-state index in [2.05, 4.69) is 10.00 Å². The maximum atomic E-state index is 13.1. The van der Waals surface area contributed by atoms with Crippen LogP contribution < -0.4 is 4.90 Å². The first-order chi connectivity index (χ1) is 12.5. The Balaban J connectivity index is 1.61. The van der Waals surface area contributed by atoms with Crippen molar-refractivity contribution >= 4 is 17.6 Å². The van der Waals surface area contributed by atoms with Crippen molar-refractivity contribution in [2.45, 2.75) is 32.7 Å². The first-order valence-corrected chi connectivity index (χ1v) is 9.43. The summed E-state index contributed by atoms with van der Waals surface area (Å²) in [6.07, 6.45) is 1.85. The van der Waals surface area contributed by atoms with E-state index < -0.39 is 0 Å². The fourth-order valence-electron chi connectivity index (χ4n) is 3.84. The zero-order valence-corrected chi connectivity index (χ0v) is 16.0. The van der Waals surface area contributed by atoms with Crippen molar-refractivity contribution in [1.29, 1.82) is 0 Å². The molecule has 1 aromatic heterocycles. The van der Waals surface area contributed by atoms with Crippen LogP contribution >= 0.6 is 0 Å². The van der Waals surface area contributed by atoms with Crippen LogP contribution in [0.2, 0.25) is 0 Å². The molecule has 3 rings (SSSR count). The number of nitrogens with zero attached hydrogens (tertiary/aromatic N) is 5. The van der Waals surface area contributed by atoms with Crippen molar-refractivity contribution in [2.75, 3.05) is 50.8 Å². The minimum Gasteiger partial charge on any atom is -0.372 e. The van der Waals surface area contributed by atoms with E-state index in [0.717, 1.165) is 44.0 Å². The van der Waals surface area contributed by atoms with E-state index in [1.165, 1.54) is 0 Å². The Hall–Kier alpha value is -1.93. The van der Waals surface area contributed by atoms with Gasteiger partial charge in [0.15, 0.2) is 0 Å². The molecule has 3 heterocycles. The largest absolute Gasteiger partial charge is 0.372 e. The molecule has 2 fully saturated rings. The van der Waals surface area contributed by atoms with Crippen LogP contribution in [0.3, 0.4) is 0 Å². The van der Waals surface area contributed by atoms with Crippen LogP contribution in [-0.2, 0) is 21.4 Å². The number of rotatable bonds is 5. The molecular weight excluding hydrogens is 334 g/mol. The van der Waals surface area contributed by atoms with Crippen LogP contribution in [0.15, 0.2) is 6.07 Å². The van der Waals surface area contributed by atoms with E-state index in [0.29, 0.717) is 19.7 Å². The molecule has 2 saturated heterocycles. The number of piperazine rings is 1. The summed E-state index contributed by atoms with van der Waals surface area (Å²) >= 11 is 0. The number of aryl methyl sites for hydroxylation is 2. The Morgan fingerprint density at radius 3 is 2.62 bits per heavy atom. The van der Waals surface area contributed by atoms with Gasteiger partial charge in [0.05, 0.1) is 11.7 Å². The third-order valence-electron chi connectivity index (χ3n) is 5.20. The summed E-state index contributed by atoms with van der Waals surface area (Å²) in [5, 5.41) is 4.37. The molecule has 1 atom stereocenters. The summed E-state index contributed by atoms with van der Waals surface area (Å²) in [5.41, 5.74) is 0.916. The number of piperidine rings is 1. The SMILES string of the molecule is CCOCC(=O)N1CCN([C@@H]2CCCN(c3cc(C)nn3C)C2=O)CC1. The predicted molar refractivity (Wildman–Crippen MR) is 98.0 cm³/mol. The summed E-state index contributed by atoms with van der Waals surface area (Å²) in [7, 11) is 1.88. The van der Waals surface area contributed by atoms with Gasteiger partial charge in [-0.05, 0) is 26.7 Å². The van der Waals surface area contributed by atoms with E-state index in [4.69, 9.17) is 4.74 Å². The van der Waals surface area contributed by atoms with Gasteiger partial charge in [0.1, 0.15) is 12.4 Å². The lowest BCUT2D eigenvalue weighted by molar-refractivity contribution is -0.138. The van der Waals surface area contributed by atoms with Crippen molar-refractivity contribution in [3.05, 3.63) is 11.8 Å². The van der Waals surface area contributed by atoms with Crippen molar-refractivity contribution < 1.29 is 14.3 Å². The molecule has 8 nitrogen and oxygen atoms in total. The van der Waals surface area contributed by atoms with Crippen LogP contribution in [0, 0.1) is 6.92 Å². The average Bonchev–Trinajstić information content (AvgIpc) is 2.98. The van der Waals surface area contributed by atoms with Gasteiger partial charge in [-0.2, -0.15) is 5.10 Å². The zero-order chi connectivity index (χ0) is 18.7. The first kappa shape index (κ1) is 18.8. The van der Waals surface area contributed by atoms with Crippen molar-refractivity contribution in [2.24, 2.45) is 7.05 Å². The number of carbonyl (C=O) groups is 2. The molecule has 26 heavy (non-hydrogen) atoms. The number of amides is 2. The van der Waals surface area contributed by atoms with E-state index in [1.54, 1.807) is 4.68 Å². The second-order valence-electron chi connectivity index (χ2n) is 6.97. The molecule has 2 amide bonds. The smallest absolute Gasteiger partial charge is 0.248 e. The Morgan fingerprint density at radius 1 is 1.27 bits per heavy atom. The van der Waals surface area contributed by atoms with E-state index in [-0.39, 0.29) is 24.5 Å². The van der Waals surface area contributed by atoms with Gasteiger partial charge in [-0.25, -0.2) is 0 Å². The van der Waals surface area contributed by atoms with Gasteiger partial charge >= 0.3 is 0 Å². The number of anilines is 1. The molecule has 0 radical (unpaired) electrons. The van der Waals surface area contributed by atoms with Crippen molar-refractivity contribution in [3.8, 4) is 0 Å². The van der Waals surface area contributed by atoms with Gasteiger partial charge in [-0.15, -0.1) is 0 Å². The Morgan fingerprint density at radius 2 is 2.00 bits per heavy atom. The molecule has 0 N–H and O–H groups in total. The summed E-state index contributed by atoms with van der Waals surface area (Å²) < 4.78 is 6.99. The Kier molecular flexibility index (Phi) is 5.93. The fourth-order valence-corrected chi connectivity index (χ4v) is 3.84. The first-order valence-electron chi connectivity index (χ1n) is 9.43. The van der Waals surface area contributed by atoms with Crippen LogP contribution in [0.1, 0.15) is 25.5 Å². The molecule has 1 aromatic rings. The summed E-state index contributed by atoms with van der Waals surface area (Å²) in [4.78, 5) is 31.1. The van der Waals surface area contributed by atoms with Crippen LogP contribution in [-0.4, -0.2) is 83.4 Å². The Labute approximate surface area is 154 Å². The van der Waals surface area contributed by atoms with Gasteiger partial charge in [0.2, 0.25) is 11.8 Å². The lowest BCUT2D eigenvalue weighted by atomic mass is 10.0. The summed E-state index contributed by atoms with van der Waals surface area (Å²) in [6.45, 7) is 8.02. The van der Waals surface area contributed by atoms with Gasteiger partial charge in [0.25, 0.3) is 0 Å². The number of hydrogen-bond donors (Lipinski definition) is 0. The van der Waals surface area contributed by atoms with Gasteiger partial charge in [-0.1, -0.05) is 0 Å². The molecule has 2 aliphatic heterocycles. The quantitative estimate of drug-likeness (QED) is 0.758. The third-order valence-corrected chi connectivity index (χ3v) is 5.20. The second-order valence-corrected chi connectivity index (χ2v) is 6.97. The van der Waals surface area contributed by atoms with E-state index in [9.17, 15) is 9.59 Å². The highest BCUT2D eigenvalue weighted by Gasteiger charge is 2.36. The predicted octanol–water partition coefficient (Wildman–Crippen LogP) is 0.405. The summed E-state index contributed by atoms with van der Waals surface area (Å²) in [6, 6.07) is 1.85. The van der Waals surface area contributed by atoms with E-state index in [1.807, 2.05) is 36.8 Å². The lowest BCUT2D eigenvalue weighted by Crippen LogP contribution is -2.59. The molecule has 144 valence electrons. The zero-order valence-electron chi connectivity index (χ0n) is 16.0. The molecule has 0 aliphatic carbocycles. The second kappa shape index (κ2) is 8.18. The highest BCUT2D eigenvalue weighted by molar-refractivity contribution is 5.97. The average molecular weight is 363 g/mol.